The Labute approximate surface area is 143 Å². The molecule has 3 aromatic rings. The largest absolute Gasteiger partial charge is 0.497 e. The Morgan fingerprint density at radius 2 is 2.08 bits per heavy atom. The van der Waals surface area contributed by atoms with E-state index in [1.165, 1.54) is 11.5 Å². The van der Waals surface area contributed by atoms with Gasteiger partial charge in [0.25, 0.3) is 0 Å². The normalized spacial score (nSPS) is 16.4. The van der Waals surface area contributed by atoms with E-state index >= 15 is 0 Å². The minimum atomic E-state index is 0.00585. The Morgan fingerprint density at radius 3 is 2.79 bits per heavy atom. The lowest BCUT2D eigenvalue weighted by Crippen LogP contribution is -2.22. The van der Waals surface area contributed by atoms with Crippen LogP contribution >= 0.6 is 11.5 Å². The highest BCUT2D eigenvalue weighted by atomic mass is 32.1. The number of methoxy groups -OCH3 is 1. The van der Waals surface area contributed by atoms with Gasteiger partial charge in [0, 0.05) is 30.3 Å². The highest BCUT2D eigenvalue weighted by molar-refractivity contribution is 7.07. The molecule has 6 heteroatoms. The van der Waals surface area contributed by atoms with Crippen molar-refractivity contribution in [3.8, 4) is 17.0 Å². The summed E-state index contributed by atoms with van der Waals surface area (Å²) in [6, 6.07) is 11.6. The summed E-state index contributed by atoms with van der Waals surface area (Å²) < 4.78 is 9.80. The molecule has 4 rings (SSSR count). The van der Waals surface area contributed by atoms with E-state index in [0.717, 1.165) is 33.1 Å². The summed E-state index contributed by atoms with van der Waals surface area (Å²) >= 11 is 1.44. The van der Waals surface area contributed by atoms with E-state index < -0.39 is 0 Å². The summed E-state index contributed by atoms with van der Waals surface area (Å²) in [7, 11) is 1.64. The van der Waals surface area contributed by atoms with E-state index in [4.69, 9.17) is 4.74 Å². The Bertz CT molecular complexity index is 875. The first kappa shape index (κ1) is 14.8. The molecule has 1 N–H and O–H groups in total. The number of nitrogens with zero attached hydrogens (tertiary/aromatic N) is 2. The summed E-state index contributed by atoms with van der Waals surface area (Å²) in [6.45, 7) is 0. The number of fused-ring (bicyclic) bond motifs is 1. The fourth-order valence-corrected chi connectivity index (χ4v) is 3.90. The maximum absolute atomic E-state index is 12.2. The zero-order valence-corrected chi connectivity index (χ0v) is 13.8. The summed E-state index contributed by atoms with van der Waals surface area (Å²) in [4.78, 5) is 17.5. The molecule has 2 aromatic heterocycles. The first-order valence-electron chi connectivity index (χ1n) is 7.60. The fraction of sp³-hybridized carbons (Fsp3) is 0.167. The lowest BCUT2D eigenvalue weighted by Gasteiger charge is -2.22. The van der Waals surface area contributed by atoms with E-state index in [1.807, 2.05) is 42.6 Å². The molecule has 24 heavy (non-hydrogen) atoms. The Hall–Kier alpha value is -2.73. The standard InChI is InChI=1S/C18H15N3O2S/c1-23-13-6-4-11(5-7-13)16-17-18(24-21-16)14(9-15(22)20-17)12-3-2-8-19-10-12/h2-8,10,14H,9H2,1H3,(H,20,22)/t14-/m0/s1. The Morgan fingerprint density at radius 1 is 1.25 bits per heavy atom. The smallest absolute Gasteiger partial charge is 0.225 e. The number of amides is 1. The molecule has 0 aliphatic carbocycles. The van der Waals surface area contributed by atoms with Gasteiger partial charge in [-0.2, -0.15) is 4.37 Å². The zero-order chi connectivity index (χ0) is 16.5. The predicted octanol–water partition coefficient (Wildman–Crippen LogP) is 3.69. The third-order valence-electron chi connectivity index (χ3n) is 4.14. The summed E-state index contributed by atoms with van der Waals surface area (Å²) in [5.41, 5.74) is 3.62. The molecule has 0 fully saturated rings. The van der Waals surface area contributed by atoms with Crippen LogP contribution in [-0.4, -0.2) is 22.4 Å². The van der Waals surface area contributed by atoms with Crippen LogP contribution in [0.4, 0.5) is 5.69 Å². The molecule has 0 unspecified atom stereocenters. The van der Waals surface area contributed by atoms with Crippen LogP contribution in [0.1, 0.15) is 22.8 Å². The number of hydrogen-bond donors (Lipinski definition) is 1. The molecule has 0 saturated heterocycles. The molecule has 0 radical (unpaired) electrons. The molecule has 5 nitrogen and oxygen atoms in total. The minimum absolute atomic E-state index is 0.00585. The molecular formula is C18H15N3O2S. The maximum Gasteiger partial charge on any atom is 0.225 e. The van der Waals surface area contributed by atoms with Gasteiger partial charge in [-0.3, -0.25) is 9.78 Å². The molecule has 120 valence electrons. The number of ether oxygens (including phenoxy) is 1. The van der Waals surface area contributed by atoms with Gasteiger partial charge in [-0.25, -0.2) is 0 Å². The van der Waals surface area contributed by atoms with Crippen LogP contribution in [0.5, 0.6) is 5.75 Å². The Balaban J connectivity index is 1.78. The van der Waals surface area contributed by atoms with Crippen molar-refractivity contribution in [2.75, 3.05) is 12.4 Å². The average Bonchev–Trinajstić information content (AvgIpc) is 3.05. The van der Waals surface area contributed by atoms with E-state index in [0.29, 0.717) is 6.42 Å². The van der Waals surface area contributed by atoms with Gasteiger partial charge in [-0.1, -0.05) is 6.07 Å². The SMILES string of the molecule is COc1ccc(-c2nsc3c2NC(=O)C[C@H]3c2cccnc2)cc1. The second-order valence-electron chi connectivity index (χ2n) is 5.59. The molecule has 1 aromatic carbocycles. The maximum atomic E-state index is 12.2. The lowest BCUT2D eigenvalue weighted by atomic mass is 9.90. The van der Waals surface area contributed by atoms with Crippen LogP contribution in [-0.2, 0) is 4.79 Å². The van der Waals surface area contributed by atoms with Gasteiger partial charge in [0.2, 0.25) is 5.91 Å². The first-order chi connectivity index (χ1) is 11.8. The predicted molar refractivity (Wildman–Crippen MR) is 93.4 cm³/mol. The Kier molecular flexibility index (Phi) is 3.74. The number of pyridine rings is 1. The number of carbonyl (C=O) groups is 1. The number of benzene rings is 1. The van der Waals surface area contributed by atoms with Crippen LogP contribution in [0.15, 0.2) is 48.8 Å². The van der Waals surface area contributed by atoms with Crippen molar-refractivity contribution in [2.45, 2.75) is 12.3 Å². The van der Waals surface area contributed by atoms with Crippen molar-refractivity contribution in [3.63, 3.8) is 0 Å². The highest BCUT2D eigenvalue weighted by Gasteiger charge is 2.31. The molecule has 0 bridgehead atoms. The molecule has 0 saturated carbocycles. The number of hydrogen-bond acceptors (Lipinski definition) is 5. The van der Waals surface area contributed by atoms with Crippen LogP contribution in [0.3, 0.4) is 0 Å². The van der Waals surface area contributed by atoms with Crippen molar-refractivity contribution in [1.29, 1.82) is 0 Å². The number of rotatable bonds is 3. The van der Waals surface area contributed by atoms with Crippen molar-refractivity contribution >= 4 is 23.1 Å². The minimum Gasteiger partial charge on any atom is -0.497 e. The van der Waals surface area contributed by atoms with Gasteiger partial charge in [-0.15, -0.1) is 0 Å². The fourth-order valence-electron chi connectivity index (χ4n) is 2.93. The topological polar surface area (TPSA) is 64.1 Å². The summed E-state index contributed by atoms with van der Waals surface area (Å²) in [6.07, 6.45) is 3.98. The molecule has 1 aliphatic rings. The number of carbonyl (C=O) groups excluding carboxylic acids is 1. The summed E-state index contributed by atoms with van der Waals surface area (Å²) in [5.74, 6) is 0.804. The van der Waals surface area contributed by atoms with Crippen LogP contribution in [0.25, 0.3) is 11.3 Å². The lowest BCUT2D eigenvalue weighted by molar-refractivity contribution is -0.116. The highest BCUT2D eigenvalue weighted by Crippen LogP contribution is 2.44. The van der Waals surface area contributed by atoms with E-state index in [2.05, 4.69) is 14.7 Å². The first-order valence-corrected chi connectivity index (χ1v) is 8.37. The number of aromatic nitrogens is 2. The second kappa shape index (κ2) is 6.05. The van der Waals surface area contributed by atoms with Gasteiger partial charge in [0.15, 0.2) is 0 Å². The third-order valence-corrected chi connectivity index (χ3v) is 5.10. The van der Waals surface area contributed by atoms with E-state index in [9.17, 15) is 4.79 Å². The van der Waals surface area contributed by atoms with Crippen molar-refractivity contribution in [3.05, 3.63) is 59.2 Å². The van der Waals surface area contributed by atoms with Gasteiger partial charge in [0.05, 0.1) is 17.7 Å². The molecule has 1 atom stereocenters. The van der Waals surface area contributed by atoms with Crippen LogP contribution in [0, 0.1) is 0 Å². The monoisotopic (exact) mass is 337 g/mol. The average molecular weight is 337 g/mol. The van der Waals surface area contributed by atoms with Crippen LogP contribution in [0.2, 0.25) is 0 Å². The molecule has 1 amide bonds. The molecule has 3 heterocycles. The quantitative estimate of drug-likeness (QED) is 0.792. The number of nitrogens with one attached hydrogen (secondary N) is 1. The zero-order valence-electron chi connectivity index (χ0n) is 13.0. The van der Waals surface area contributed by atoms with Crippen molar-refractivity contribution < 1.29 is 9.53 Å². The van der Waals surface area contributed by atoms with E-state index in [1.54, 1.807) is 13.3 Å². The molecule has 1 aliphatic heterocycles. The molecular weight excluding hydrogens is 322 g/mol. The number of anilines is 1. The van der Waals surface area contributed by atoms with Gasteiger partial charge in [0.1, 0.15) is 11.4 Å². The summed E-state index contributed by atoms with van der Waals surface area (Å²) in [5, 5.41) is 2.99. The van der Waals surface area contributed by atoms with Crippen LogP contribution < -0.4 is 10.1 Å². The molecule has 0 spiro atoms. The third kappa shape index (κ3) is 2.55. The van der Waals surface area contributed by atoms with Gasteiger partial charge < -0.3 is 10.1 Å². The van der Waals surface area contributed by atoms with Gasteiger partial charge in [-0.05, 0) is 47.4 Å². The van der Waals surface area contributed by atoms with Crippen molar-refractivity contribution in [1.82, 2.24) is 9.36 Å². The van der Waals surface area contributed by atoms with Gasteiger partial charge >= 0.3 is 0 Å². The second-order valence-corrected chi connectivity index (χ2v) is 6.40. The van der Waals surface area contributed by atoms with E-state index in [-0.39, 0.29) is 11.8 Å². The van der Waals surface area contributed by atoms with Crippen molar-refractivity contribution in [2.24, 2.45) is 0 Å².